The quantitative estimate of drug-likeness (QED) is 0.769. The van der Waals surface area contributed by atoms with Gasteiger partial charge in [0.25, 0.3) is 0 Å². The van der Waals surface area contributed by atoms with Crippen LogP contribution in [0.25, 0.3) is 0 Å². The highest BCUT2D eigenvalue weighted by Gasteiger charge is 2.14. The summed E-state index contributed by atoms with van der Waals surface area (Å²) in [6.45, 7) is 0.907. The van der Waals surface area contributed by atoms with Crippen LogP contribution in [0, 0.1) is 5.82 Å². The Hall–Kier alpha value is -1.66. The molecule has 1 amide bonds. The van der Waals surface area contributed by atoms with Crippen LogP contribution < -0.4 is 4.74 Å². The fourth-order valence-corrected chi connectivity index (χ4v) is 1.79. The number of ether oxygens (including phenoxy) is 2. The highest BCUT2D eigenvalue weighted by molar-refractivity contribution is 5.78. The number of benzene rings is 1. The maximum atomic E-state index is 13.5. The van der Waals surface area contributed by atoms with Crippen LogP contribution in [-0.4, -0.2) is 56.4 Å². The van der Waals surface area contributed by atoms with Crippen molar-refractivity contribution in [2.45, 2.75) is 6.42 Å². The Kier molecular flexibility index (Phi) is 6.97. The molecule has 1 aromatic rings. The Balaban J connectivity index is 2.69. The van der Waals surface area contributed by atoms with Crippen molar-refractivity contribution in [3.63, 3.8) is 0 Å². The number of aliphatic hydroxyl groups excluding tert-OH is 1. The first-order chi connectivity index (χ1) is 9.62. The Morgan fingerprint density at radius 1 is 1.35 bits per heavy atom. The van der Waals surface area contributed by atoms with Gasteiger partial charge in [-0.05, 0) is 17.7 Å². The maximum Gasteiger partial charge on any atom is 0.227 e. The average Bonchev–Trinajstić information content (AvgIpc) is 2.43. The van der Waals surface area contributed by atoms with E-state index in [1.165, 1.54) is 24.1 Å². The van der Waals surface area contributed by atoms with Crippen molar-refractivity contribution in [3.05, 3.63) is 29.6 Å². The highest BCUT2D eigenvalue weighted by Crippen LogP contribution is 2.18. The van der Waals surface area contributed by atoms with Gasteiger partial charge >= 0.3 is 0 Å². The summed E-state index contributed by atoms with van der Waals surface area (Å²) in [6.07, 6.45) is 0.0740. The molecule has 0 aliphatic carbocycles. The Bertz CT molecular complexity index is 439. The van der Waals surface area contributed by atoms with Gasteiger partial charge in [-0.2, -0.15) is 0 Å². The van der Waals surface area contributed by atoms with E-state index in [1.54, 1.807) is 13.2 Å². The lowest BCUT2D eigenvalue weighted by Crippen LogP contribution is -2.37. The van der Waals surface area contributed by atoms with Crippen molar-refractivity contribution in [3.8, 4) is 5.75 Å². The van der Waals surface area contributed by atoms with Crippen molar-refractivity contribution in [2.24, 2.45) is 0 Å². The van der Waals surface area contributed by atoms with Gasteiger partial charge in [-0.25, -0.2) is 4.39 Å². The van der Waals surface area contributed by atoms with Crippen LogP contribution in [0.4, 0.5) is 4.39 Å². The van der Waals surface area contributed by atoms with Crippen molar-refractivity contribution < 1.29 is 23.8 Å². The largest absolute Gasteiger partial charge is 0.494 e. The molecular formula is C14H20FNO4. The number of nitrogens with zero attached hydrogens (tertiary/aromatic N) is 1. The summed E-state index contributed by atoms with van der Waals surface area (Å²) in [5, 5.41) is 8.95. The molecule has 6 heteroatoms. The Labute approximate surface area is 117 Å². The van der Waals surface area contributed by atoms with Crippen LogP contribution in [0.3, 0.4) is 0 Å². The molecule has 20 heavy (non-hydrogen) atoms. The molecule has 0 saturated heterocycles. The number of halogens is 1. The molecule has 0 aliphatic rings. The molecule has 0 unspecified atom stereocenters. The average molecular weight is 285 g/mol. The van der Waals surface area contributed by atoms with E-state index in [4.69, 9.17) is 14.6 Å². The highest BCUT2D eigenvalue weighted by atomic mass is 19.1. The number of amides is 1. The molecule has 0 saturated carbocycles. The summed E-state index contributed by atoms with van der Waals surface area (Å²) in [5.41, 5.74) is 0.564. The second-order valence-electron chi connectivity index (χ2n) is 4.24. The van der Waals surface area contributed by atoms with E-state index in [0.29, 0.717) is 18.7 Å². The molecule has 112 valence electrons. The summed E-state index contributed by atoms with van der Waals surface area (Å²) in [7, 11) is 2.93. The minimum Gasteiger partial charge on any atom is -0.494 e. The van der Waals surface area contributed by atoms with E-state index in [2.05, 4.69) is 0 Å². The number of aliphatic hydroxyl groups is 1. The minimum absolute atomic E-state index is 0.0740. The summed E-state index contributed by atoms with van der Waals surface area (Å²) in [6, 6.07) is 4.42. The van der Waals surface area contributed by atoms with Crippen LogP contribution in [0.5, 0.6) is 5.75 Å². The van der Waals surface area contributed by atoms with Gasteiger partial charge < -0.3 is 19.5 Å². The molecule has 0 spiro atoms. The SMILES string of the molecule is COCCN(CCO)C(=O)Cc1ccc(OC)c(F)c1. The maximum absolute atomic E-state index is 13.5. The standard InChI is InChI=1S/C14H20FNO4/c1-19-8-6-16(5-7-17)14(18)10-11-3-4-13(20-2)12(15)9-11/h3-4,9,17H,5-8,10H2,1-2H3. The van der Waals surface area contributed by atoms with Gasteiger partial charge in [0.05, 0.1) is 26.7 Å². The first-order valence-corrected chi connectivity index (χ1v) is 6.32. The smallest absolute Gasteiger partial charge is 0.227 e. The van der Waals surface area contributed by atoms with Crippen LogP contribution in [0.1, 0.15) is 5.56 Å². The molecule has 0 heterocycles. The topological polar surface area (TPSA) is 59.0 Å². The second-order valence-corrected chi connectivity index (χ2v) is 4.24. The number of hydrogen-bond acceptors (Lipinski definition) is 4. The number of hydrogen-bond donors (Lipinski definition) is 1. The Morgan fingerprint density at radius 2 is 2.10 bits per heavy atom. The van der Waals surface area contributed by atoms with E-state index >= 15 is 0 Å². The third-order valence-corrected chi connectivity index (χ3v) is 2.86. The number of rotatable bonds is 8. The van der Waals surface area contributed by atoms with Gasteiger partial charge in [0, 0.05) is 20.2 Å². The first kappa shape index (κ1) is 16.4. The summed E-state index contributed by atoms with van der Waals surface area (Å²) in [5.74, 6) is -0.531. The molecule has 1 rings (SSSR count). The molecule has 0 radical (unpaired) electrons. The van der Waals surface area contributed by atoms with Gasteiger partial charge in [-0.3, -0.25) is 4.79 Å². The molecular weight excluding hydrogens is 265 g/mol. The zero-order valence-electron chi connectivity index (χ0n) is 11.8. The van der Waals surface area contributed by atoms with Crippen LogP contribution >= 0.6 is 0 Å². The van der Waals surface area contributed by atoms with E-state index in [-0.39, 0.29) is 31.2 Å². The molecule has 5 nitrogen and oxygen atoms in total. The van der Waals surface area contributed by atoms with Crippen LogP contribution in [-0.2, 0) is 16.0 Å². The minimum atomic E-state index is -0.497. The van der Waals surface area contributed by atoms with Gasteiger partial charge in [-0.15, -0.1) is 0 Å². The Morgan fingerprint density at radius 3 is 2.65 bits per heavy atom. The fourth-order valence-electron chi connectivity index (χ4n) is 1.79. The lowest BCUT2D eigenvalue weighted by molar-refractivity contribution is -0.131. The first-order valence-electron chi connectivity index (χ1n) is 6.32. The molecule has 0 aromatic heterocycles. The van der Waals surface area contributed by atoms with E-state index in [1.807, 2.05) is 0 Å². The summed E-state index contributed by atoms with van der Waals surface area (Å²) < 4.78 is 23.3. The molecule has 0 bridgehead atoms. The predicted molar refractivity (Wildman–Crippen MR) is 72.2 cm³/mol. The van der Waals surface area contributed by atoms with Gasteiger partial charge in [-0.1, -0.05) is 6.07 Å². The predicted octanol–water partition coefficient (Wildman–Crippen LogP) is 0.844. The van der Waals surface area contributed by atoms with Crippen LogP contribution in [0.2, 0.25) is 0 Å². The van der Waals surface area contributed by atoms with Gasteiger partial charge in [0.15, 0.2) is 11.6 Å². The van der Waals surface area contributed by atoms with Crippen molar-refractivity contribution in [1.82, 2.24) is 4.90 Å². The molecule has 0 fully saturated rings. The molecule has 1 N–H and O–H groups in total. The summed E-state index contributed by atoms with van der Waals surface area (Å²) >= 11 is 0. The van der Waals surface area contributed by atoms with E-state index < -0.39 is 5.82 Å². The summed E-state index contributed by atoms with van der Waals surface area (Å²) in [4.78, 5) is 13.6. The van der Waals surface area contributed by atoms with E-state index in [0.717, 1.165) is 0 Å². The number of carbonyl (C=O) groups is 1. The molecule has 0 aliphatic heterocycles. The molecule has 1 aromatic carbocycles. The van der Waals surface area contributed by atoms with Crippen molar-refractivity contribution >= 4 is 5.91 Å². The monoisotopic (exact) mass is 285 g/mol. The second kappa shape index (κ2) is 8.50. The zero-order valence-corrected chi connectivity index (χ0v) is 11.8. The lowest BCUT2D eigenvalue weighted by atomic mass is 10.1. The normalized spacial score (nSPS) is 10.4. The number of methoxy groups -OCH3 is 2. The third-order valence-electron chi connectivity index (χ3n) is 2.86. The van der Waals surface area contributed by atoms with Gasteiger partial charge in [0.1, 0.15) is 0 Å². The molecule has 0 atom stereocenters. The lowest BCUT2D eigenvalue weighted by Gasteiger charge is -2.21. The van der Waals surface area contributed by atoms with Gasteiger partial charge in [0.2, 0.25) is 5.91 Å². The van der Waals surface area contributed by atoms with Crippen molar-refractivity contribution in [1.29, 1.82) is 0 Å². The number of carbonyl (C=O) groups excluding carboxylic acids is 1. The third kappa shape index (κ3) is 4.79. The van der Waals surface area contributed by atoms with Crippen LogP contribution in [0.15, 0.2) is 18.2 Å². The fraction of sp³-hybridized carbons (Fsp3) is 0.500. The van der Waals surface area contributed by atoms with E-state index in [9.17, 15) is 9.18 Å². The zero-order chi connectivity index (χ0) is 15.0. The van der Waals surface area contributed by atoms with Crippen molar-refractivity contribution in [2.75, 3.05) is 40.5 Å².